The number of halogens is 2. The van der Waals surface area contributed by atoms with Crippen LogP contribution in [0.1, 0.15) is 45.9 Å². The van der Waals surface area contributed by atoms with Gasteiger partial charge in [0.1, 0.15) is 30.4 Å². The minimum absolute atomic E-state index is 0.0407. The molecule has 0 aliphatic rings. The van der Waals surface area contributed by atoms with Gasteiger partial charge in [-0.25, -0.2) is 18.6 Å². The molecule has 3 aromatic carbocycles. The van der Waals surface area contributed by atoms with Crippen LogP contribution in [-0.2, 0) is 39.6 Å². The second-order valence-electron chi connectivity index (χ2n) is 11.5. The summed E-state index contributed by atoms with van der Waals surface area (Å²) in [5, 5.41) is 31.8. The maximum atomic E-state index is 15.3. The van der Waals surface area contributed by atoms with Crippen LogP contribution in [0, 0.1) is 29.9 Å². The minimum Gasteiger partial charge on any atom is -0.460 e. The van der Waals surface area contributed by atoms with Crippen molar-refractivity contribution in [2.45, 2.75) is 45.1 Å². The van der Waals surface area contributed by atoms with Crippen molar-refractivity contribution in [1.29, 1.82) is 5.26 Å². The maximum Gasteiger partial charge on any atom is 0.412 e. The number of aryl methyl sites for hydroxylation is 1. The number of carbonyl (C=O) groups excluding carboxylic acids is 2. The lowest BCUT2D eigenvalue weighted by Crippen LogP contribution is -2.50. The van der Waals surface area contributed by atoms with Gasteiger partial charge in [0.05, 0.1) is 34.6 Å². The first-order chi connectivity index (χ1) is 24.0. The van der Waals surface area contributed by atoms with Crippen molar-refractivity contribution >= 4 is 29.1 Å². The molecule has 4 N–H and O–H groups in total. The van der Waals surface area contributed by atoms with Gasteiger partial charge in [0, 0.05) is 28.0 Å². The number of amides is 1. The van der Waals surface area contributed by atoms with Crippen molar-refractivity contribution in [1.82, 2.24) is 20.4 Å². The Kier molecular flexibility index (Phi) is 11.3. The zero-order valence-electron chi connectivity index (χ0n) is 27.4. The van der Waals surface area contributed by atoms with Crippen LogP contribution in [0.25, 0.3) is 11.3 Å². The van der Waals surface area contributed by atoms with Gasteiger partial charge in [-0.1, -0.05) is 36.8 Å². The SMILES string of the molecule is CNCC(=O)OCc1cc(C)ccc1NC(=O)OCc1nc[n+](C[C@](O)(c2cc(F)ccc2F)[C@@H](C)c2nc(-c3ccc(C#N)cc3)cs2)[nH]1. The Bertz CT molecular complexity index is 2030. The van der Waals surface area contributed by atoms with E-state index in [1.165, 1.54) is 22.3 Å². The van der Waals surface area contributed by atoms with Crippen LogP contribution in [0.5, 0.6) is 0 Å². The molecule has 1 amide bonds. The largest absolute Gasteiger partial charge is 0.460 e. The molecule has 2 aromatic heterocycles. The summed E-state index contributed by atoms with van der Waals surface area (Å²) < 4.78 is 41.7. The summed E-state index contributed by atoms with van der Waals surface area (Å²) in [7, 11) is 1.63. The molecule has 0 aliphatic heterocycles. The van der Waals surface area contributed by atoms with E-state index in [4.69, 9.17) is 14.7 Å². The lowest BCUT2D eigenvalue weighted by Gasteiger charge is -2.32. The first-order valence-corrected chi connectivity index (χ1v) is 16.3. The van der Waals surface area contributed by atoms with Gasteiger partial charge in [-0.2, -0.15) is 15.0 Å². The Morgan fingerprint density at radius 3 is 2.64 bits per heavy atom. The summed E-state index contributed by atoms with van der Waals surface area (Å²) in [6.07, 6.45) is 0.543. The number of aromatic nitrogens is 4. The van der Waals surface area contributed by atoms with E-state index in [1.54, 1.807) is 61.8 Å². The van der Waals surface area contributed by atoms with Gasteiger partial charge >= 0.3 is 18.4 Å². The number of nitrogens with one attached hydrogen (secondary N) is 3. The normalized spacial score (nSPS) is 12.8. The third-order valence-corrected chi connectivity index (χ3v) is 8.92. The van der Waals surface area contributed by atoms with Gasteiger partial charge in [0.2, 0.25) is 0 Å². The Morgan fingerprint density at radius 1 is 1.12 bits per heavy atom. The molecule has 12 nitrogen and oxygen atoms in total. The first kappa shape index (κ1) is 35.7. The summed E-state index contributed by atoms with van der Waals surface area (Å²) in [5.74, 6) is -2.62. The highest BCUT2D eigenvalue weighted by molar-refractivity contribution is 7.10. The molecule has 0 radical (unpaired) electrons. The third kappa shape index (κ3) is 8.53. The zero-order chi connectivity index (χ0) is 35.8. The van der Waals surface area contributed by atoms with Crippen LogP contribution in [0.4, 0.5) is 19.3 Å². The molecule has 258 valence electrons. The van der Waals surface area contributed by atoms with Crippen molar-refractivity contribution < 1.29 is 37.6 Å². The summed E-state index contributed by atoms with van der Waals surface area (Å²) in [4.78, 5) is 33.4. The second-order valence-corrected chi connectivity index (χ2v) is 12.4. The summed E-state index contributed by atoms with van der Waals surface area (Å²) in [6.45, 7) is 2.93. The highest BCUT2D eigenvalue weighted by Gasteiger charge is 2.43. The van der Waals surface area contributed by atoms with E-state index in [9.17, 15) is 19.1 Å². The first-order valence-electron chi connectivity index (χ1n) is 15.4. The van der Waals surface area contributed by atoms with Crippen molar-refractivity contribution in [2.24, 2.45) is 0 Å². The minimum atomic E-state index is -2.02. The molecule has 0 saturated heterocycles. The molecule has 2 heterocycles. The van der Waals surface area contributed by atoms with Gasteiger partial charge in [0.25, 0.3) is 5.82 Å². The number of nitrogens with zero attached hydrogens (tertiary/aromatic N) is 4. The van der Waals surface area contributed by atoms with Crippen LogP contribution < -0.4 is 15.3 Å². The van der Waals surface area contributed by atoms with Crippen molar-refractivity contribution in [3.8, 4) is 17.3 Å². The third-order valence-electron chi connectivity index (χ3n) is 7.90. The number of H-pyrrole nitrogens is 1. The monoisotopic (exact) mass is 702 g/mol. The van der Waals surface area contributed by atoms with E-state index in [1.807, 2.05) is 6.92 Å². The molecule has 0 unspecified atom stereocenters. The predicted molar refractivity (Wildman–Crippen MR) is 178 cm³/mol. The molecule has 15 heteroatoms. The van der Waals surface area contributed by atoms with E-state index in [0.29, 0.717) is 27.5 Å². The number of aliphatic hydroxyl groups is 1. The van der Waals surface area contributed by atoms with E-state index in [2.05, 4.69) is 31.8 Å². The van der Waals surface area contributed by atoms with Gasteiger partial charge < -0.3 is 19.9 Å². The van der Waals surface area contributed by atoms with Crippen LogP contribution in [0.15, 0.2) is 72.4 Å². The highest BCUT2D eigenvalue weighted by Crippen LogP contribution is 2.41. The molecular formula is C35H34F2N7O5S+. The van der Waals surface area contributed by atoms with Crippen LogP contribution >= 0.6 is 11.3 Å². The summed E-state index contributed by atoms with van der Waals surface area (Å²) >= 11 is 1.25. The van der Waals surface area contributed by atoms with Crippen LogP contribution in [0.3, 0.4) is 0 Å². The maximum absolute atomic E-state index is 15.3. The lowest BCUT2D eigenvalue weighted by molar-refractivity contribution is -0.765. The fourth-order valence-electron chi connectivity index (χ4n) is 5.19. The number of thiazole rings is 1. The van der Waals surface area contributed by atoms with Gasteiger partial charge in [-0.05, 0) is 55.4 Å². The quantitative estimate of drug-likeness (QED) is 0.0978. The van der Waals surface area contributed by atoms with Crippen molar-refractivity contribution in [2.75, 3.05) is 18.9 Å². The molecule has 0 fully saturated rings. The number of carbonyl (C=O) groups is 2. The smallest absolute Gasteiger partial charge is 0.412 e. The molecule has 2 atom stereocenters. The average molecular weight is 703 g/mol. The Morgan fingerprint density at radius 2 is 1.90 bits per heavy atom. The molecule has 0 bridgehead atoms. The number of anilines is 1. The van der Waals surface area contributed by atoms with E-state index in [-0.39, 0.29) is 37.7 Å². The second kappa shape index (κ2) is 15.8. The number of likely N-dealkylation sites (N-methyl/N-ethyl adjacent to an activating group) is 1. The zero-order valence-corrected chi connectivity index (χ0v) is 28.2. The molecule has 50 heavy (non-hydrogen) atoms. The number of rotatable bonds is 13. The van der Waals surface area contributed by atoms with Gasteiger partial charge in [-0.3, -0.25) is 10.1 Å². The van der Waals surface area contributed by atoms with Gasteiger partial charge in [0.15, 0.2) is 6.61 Å². The molecule has 0 saturated carbocycles. The fourth-order valence-corrected chi connectivity index (χ4v) is 6.16. The van der Waals surface area contributed by atoms with Crippen LogP contribution in [-0.4, -0.2) is 45.8 Å². The standard InChI is InChI=1S/C35H33F2N7O5S/c1-21-4-11-29(25(12-21)16-48-32(45)15-39-3)42-34(46)49-17-31-40-20-44(43-31)19-35(47,27-13-26(36)9-10-28(27)37)22(2)33-41-30(18-50-33)24-7-5-23(14-38)6-8-24/h4-13,18,20,22,39,47H,15-17,19H2,1-3H3,(H,42,46)/p+1/t22-,35+/m0/s1. The number of nitriles is 1. The Labute approximate surface area is 290 Å². The molecule has 0 aliphatic carbocycles. The van der Waals surface area contributed by atoms with E-state index in [0.717, 1.165) is 29.3 Å². The highest BCUT2D eigenvalue weighted by atomic mass is 32.1. The van der Waals surface area contributed by atoms with E-state index < -0.39 is 35.2 Å². The fraction of sp³-hybridized carbons (Fsp3) is 0.257. The summed E-state index contributed by atoms with van der Waals surface area (Å²) in [5.41, 5.74) is 1.43. The number of hydrogen-bond donors (Lipinski definition) is 4. The number of hydrogen-bond acceptors (Lipinski definition) is 10. The molecular weight excluding hydrogens is 668 g/mol. The Balaban J connectivity index is 1.31. The Hall–Kier alpha value is -5.56. The summed E-state index contributed by atoms with van der Waals surface area (Å²) in [6, 6.07) is 17.0. The molecule has 0 spiro atoms. The average Bonchev–Trinajstić information content (AvgIpc) is 3.78. The number of aromatic amines is 1. The van der Waals surface area contributed by atoms with Crippen LogP contribution in [0.2, 0.25) is 0 Å². The van der Waals surface area contributed by atoms with Gasteiger partial charge in [-0.15, -0.1) is 11.3 Å². The van der Waals surface area contributed by atoms with Crippen molar-refractivity contribution in [3.05, 3.63) is 117 Å². The van der Waals surface area contributed by atoms with E-state index >= 15 is 4.39 Å². The molecule has 5 rings (SSSR count). The number of benzene rings is 3. The van der Waals surface area contributed by atoms with Crippen molar-refractivity contribution in [3.63, 3.8) is 0 Å². The molecule has 5 aromatic rings. The number of ether oxygens (including phenoxy) is 2. The topological polar surface area (TPSA) is 166 Å². The predicted octanol–water partition coefficient (Wildman–Crippen LogP) is 4.98. The lowest BCUT2D eigenvalue weighted by atomic mass is 9.82. The number of esters is 1.